The molecular formula is C15H16N2O3. The lowest BCUT2D eigenvalue weighted by Gasteiger charge is -2.08. The molecule has 0 amide bonds. The van der Waals surface area contributed by atoms with Crippen molar-refractivity contribution >= 4 is 16.9 Å². The number of ether oxygens (including phenoxy) is 2. The molecule has 1 aromatic carbocycles. The third-order valence-electron chi connectivity index (χ3n) is 3.00. The number of terminal acetylenes is 1. The smallest absolute Gasteiger partial charge is 0.322 e. The number of nitrogens with one attached hydrogen (secondary N) is 1. The molecule has 0 aliphatic carbocycles. The number of rotatable bonds is 5. The number of nitrogens with two attached hydrogens (primary N) is 1. The third-order valence-corrected chi connectivity index (χ3v) is 3.00. The molecule has 1 atom stereocenters. The maximum atomic E-state index is 11.4. The summed E-state index contributed by atoms with van der Waals surface area (Å²) in [6, 6.07) is 4.92. The molecule has 5 heteroatoms. The van der Waals surface area contributed by atoms with Crippen LogP contribution >= 0.6 is 0 Å². The zero-order chi connectivity index (χ0) is 14.5. The van der Waals surface area contributed by atoms with E-state index in [1.807, 2.05) is 24.4 Å². The molecule has 20 heavy (non-hydrogen) atoms. The average molecular weight is 272 g/mol. The first kappa shape index (κ1) is 14.0. The topological polar surface area (TPSA) is 77.3 Å². The van der Waals surface area contributed by atoms with Crippen molar-refractivity contribution in [1.29, 1.82) is 0 Å². The van der Waals surface area contributed by atoms with Crippen molar-refractivity contribution in [3.05, 3.63) is 30.0 Å². The Morgan fingerprint density at radius 1 is 1.55 bits per heavy atom. The van der Waals surface area contributed by atoms with E-state index in [0.717, 1.165) is 16.5 Å². The highest BCUT2D eigenvalue weighted by Gasteiger charge is 2.16. The van der Waals surface area contributed by atoms with Gasteiger partial charge in [0.25, 0.3) is 0 Å². The Balaban J connectivity index is 2.25. The van der Waals surface area contributed by atoms with Crippen molar-refractivity contribution in [2.75, 3.05) is 13.7 Å². The number of aromatic amines is 1. The van der Waals surface area contributed by atoms with Crippen molar-refractivity contribution < 1.29 is 14.3 Å². The molecule has 1 heterocycles. The fraction of sp³-hybridized carbons (Fsp3) is 0.267. The second-order valence-electron chi connectivity index (χ2n) is 4.35. The monoisotopic (exact) mass is 272 g/mol. The molecule has 0 fully saturated rings. The number of hydrogen-bond donors (Lipinski definition) is 2. The Kier molecular flexibility index (Phi) is 4.28. The molecule has 2 rings (SSSR count). The van der Waals surface area contributed by atoms with Crippen LogP contribution in [0.4, 0.5) is 0 Å². The summed E-state index contributed by atoms with van der Waals surface area (Å²) in [5.74, 6) is 2.67. The molecule has 0 aliphatic rings. The maximum absolute atomic E-state index is 11.4. The van der Waals surface area contributed by atoms with Gasteiger partial charge in [-0.1, -0.05) is 5.92 Å². The van der Waals surface area contributed by atoms with Gasteiger partial charge in [0, 0.05) is 23.5 Å². The van der Waals surface area contributed by atoms with Crippen molar-refractivity contribution in [1.82, 2.24) is 4.98 Å². The quantitative estimate of drug-likeness (QED) is 0.634. The largest absolute Gasteiger partial charge is 0.481 e. The molecule has 0 unspecified atom stereocenters. The lowest BCUT2D eigenvalue weighted by atomic mass is 10.1. The normalized spacial score (nSPS) is 11.8. The summed E-state index contributed by atoms with van der Waals surface area (Å²) in [4.78, 5) is 14.5. The van der Waals surface area contributed by atoms with E-state index < -0.39 is 12.0 Å². The van der Waals surface area contributed by atoms with Crippen LogP contribution in [0.5, 0.6) is 5.75 Å². The van der Waals surface area contributed by atoms with Crippen LogP contribution in [0.2, 0.25) is 0 Å². The van der Waals surface area contributed by atoms with Gasteiger partial charge in [-0.2, -0.15) is 0 Å². The Bertz CT molecular complexity index is 655. The fourth-order valence-corrected chi connectivity index (χ4v) is 2.01. The second-order valence-corrected chi connectivity index (χ2v) is 4.35. The van der Waals surface area contributed by atoms with Gasteiger partial charge in [0.2, 0.25) is 0 Å². The van der Waals surface area contributed by atoms with Crippen LogP contribution in [-0.2, 0) is 16.0 Å². The van der Waals surface area contributed by atoms with E-state index in [2.05, 4.69) is 15.6 Å². The van der Waals surface area contributed by atoms with Crippen molar-refractivity contribution in [3.63, 3.8) is 0 Å². The Labute approximate surface area is 117 Å². The number of H-pyrrole nitrogens is 1. The van der Waals surface area contributed by atoms with E-state index in [4.69, 9.17) is 16.9 Å². The van der Waals surface area contributed by atoms with Gasteiger partial charge in [0.05, 0.1) is 7.11 Å². The number of methoxy groups -OCH3 is 1. The lowest BCUT2D eigenvalue weighted by molar-refractivity contribution is -0.142. The van der Waals surface area contributed by atoms with E-state index in [1.54, 1.807) is 0 Å². The third kappa shape index (κ3) is 2.92. The van der Waals surface area contributed by atoms with Crippen molar-refractivity contribution in [2.24, 2.45) is 5.73 Å². The molecule has 1 aromatic heterocycles. The second kappa shape index (κ2) is 6.13. The summed E-state index contributed by atoms with van der Waals surface area (Å²) in [5, 5.41) is 0.957. The summed E-state index contributed by atoms with van der Waals surface area (Å²) in [5.41, 5.74) is 7.67. The number of hydrogen-bond acceptors (Lipinski definition) is 4. The van der Waals surface area contributed by atoms with E-state index >= 15 is 0 Å². The summed E-state index contributed by atoms with van der Waals surface area (Å²) in [6.45, 7) is 0.215. The Morgan fingerprint density at radius 3 is 3.05 bits per heavy atom. The Hall–Kier alpha value is -2.45. The summed E-state index contributed by atoms with van der Waals surface area (Å²) in [7, 11) is 1.32. The summed E-state index contributed by atoms with van der Waals surface area (Å²) < 4.78 is 10.0. The highest BCUT2D eigenvalue weighted by molar-refractivity contribution is 5.85. The minimum absolute atomic E-state index is 0.215. The first-order valence-corrected chi connectivity index (χ1v) is 6.15. The van der Waals surface area contributed by atoms with Crippen LogP contribution in [0.1, 0.15) is 5.56 Å². The van der Waals surface area contributed by atoms with Crippen LogP contribution in [0.25, 0.3) is 10.9 Å². The highest BCUT2D eigenvalue weighted by Crippen LogP contribution is 2.24. The predicted octanol–water partition coefficient (Wildman–Crippen LogP) is 1.22. The highest BCUT2D eigenvalue weighted by atomic mass is 16.5. The fourth-order valence-electron chi connectivity index (χ4n) is 2.01. The minimum atomic E-state index is -0.686. The molecule has 0 spiro atoms. The zero-order valence-corrected chi connectivity index (χ0v) is 11.2. The molecular weight excluding hydrogens is 256 g/mol. The minimum Gasteiger partial charge on any atom is -0.481 e. The predicted molar refractivity (Wildman–Crippen MR) is 76.3 cm³/mol. The number of aromatic nitrogens is 1. The van der Waals surface area contributed by atoms with Crippen molar-refractivity contribution in [3.8, 4) is 18.1 Å². The van der Waals surface area contributed by atoms with Gasteiger partial charge >= 0.3 is 5.97 Å². The molecule has 104 valence electrons. The molecule has 0 bridgehead atoms. The first-order chi connectivity index (χ1) is 9.65. The maximum Gasteiger partial charge on any atom is 0.322 e. The van der Waals surface area contributed by atoms with Gasteiger partial charge in [-0.3, -0.25) is 4.79 Å². The van der Waals surface area contributed by atoms with Gasteiger partial charge in [0.15, 0.2) is 0 Å². The van der Waals surface area contributed by atoms with E-state index in [-0.39, 0.29) is 6.61 Å². The SMILES string of the molecule is C#CCOc1ccc2[nH]cc(C[C@@H](N)C(=O)OC)c2c1. The summed E-state index contributed by atoms with van der Waals surface area (Å²) in [6.07, 6.45) is 7.39. The molecule has 2 aromatic rings. The van der Waals surface area contributed by atoms with Crippen LogP contribution in [0, 0.1) is 12.3 Å². The standard InChI is InChI=1S/C15H16N2O3/c1-3-6-20-11-4-5-14-12(8-11)10(9-17-14)7-13(16)15(18)19-2/h1,4-5,8-9,13,17H,6-7,16H2,2H3/t13-/m1/s1. The van der Waals surface area contributed by atoms with Crippen LogP contribution in [-0.4, -0.2) is 30.7 Å². The number of esters is 1. The lowest BCUT2D eigenvalue weighted by Crippen LogP contribution is -2.33. The van der Waals surface area contributed by atoms with Gasteiger partial charge < -0.3 is 20.2 Å². The van der Waals surface area contributed by atoms with Gasteiger partial charge in [-0.25, -0.2) is 0 Å². The number of benzene rings is 1. The van der Waals surface area contributed by atoms with Gasteiger partial charge in [-0.15, -0.1) is 6.42 Å². The first-order valence-electron chi connectivity index (χ1n) is 6.15. The van der Waals surface area contributed by atoms with E-state index in [9.17, 15) is 4.79 Å². The number of carbonyl (C=O) groups is 1. The Morgan fingerprint density at radius 2 is 2.35 bits per heavy atom. The molecule has 0 saturated carbocycles. The van der Waals surface area contributed by atoms with Crippen LogP contribution in [0.3, 0.4) is 0 Å². The number of fused-ring (bicyclic) bond motifs is 1. The van der Waals surface area contributed by atoms with Crippen LogP contribution < -0.4 is 10.5 Å². The van der Waals surface area contributed by atoms with E-state index in [0.29, 0.717) is 12.2 Å². The van der Waals surface area contributed by atoms with Crippen molar-refractivity contribution in [2.45, 2.75) is 12.5 Å². The average Bonchev–Trinajstić information content (AvgIpc) is 2.86. The summed E-state index contributed by atoms with van der Waals surface area (Å²) >= 11 is 0. The van der Waals surface area contributed by atoms with E-state index in [1.165, 1.54) is 7.11 Å². The number of carbonyl (C=O) groups excluding carboxylic acids is 1. The molecule has 0 aliphatic heterocycles. The van der Waals surface area contributed by atoms with Gasteiger partial charge in [0.1, 0.15) is 18.4 Å². The molecule has 0 radical (unpaired) electrons. The van der Waals surface area contributed by atoms with Crippen LogP contribution in [0.15, 0.2) is 24.4 Å². The molecule has 3 N–H and O–H groups in total. The molecule has 5 nitrogen and oxygen atoms in total. The van der Waals surface area contributed by atoms with Gasteiger partial charge in [-0.05, 0) is 23.8 Å². The molecule has 0 saturated heterocycles. The zero-order valence-electron chi connectivity index (χ0n) is 11.2.